The van der Waals surface area contributed by atoms with Crippen LogP contribution in [0.15, 0.2) is 0 Å². The minimum Gasteiger partial charge on any atom is -0.345 e. The lowest BCUT2D eigenvalue weighted by Crippen LogP contribution is -2.50. The van der Waals surface area contributed by atoms with Crippen LogP contribution in [0.2, 0.25) is 0 Å². The molecular formula is C13H21F3N2O2. The smallest absolute Gasteiger partial charge is 0.345 e. The van der Waals surface area contributed by atoms with E-state index in [9.17, 15) is 22.8 Å². The van der Waals surface area contributed by atoms with Crippen LogP contribution in [-0.2, 0) is 9.59 Å². The fourth-order valence-electron chi connectivity index (χ4n) is 2.41. The molecule has 1 aliphatic rings. The van der Waals surface area contributed by atoms with Crippen molar-refractivity contribution in [1.29, 1.82) is 0 Å². The Morgan fingerprint density at radius 2 is 1.70 bits per heavy atom. The summed E-state index contributed by atoms with van der Waals surface area (Å²) < 4.78 is 36.4. The Morgan fingerprint density at radius 3 is 2.10 bits per heavy atom. The van der Waals surface area contributed by atoms with Crippen LogP contribution < -0.4 is 5.32 Å². The highest BCUT2D eigenvalue weighted by Gasteiger charge is 2.40. The van der Waals surface area contributed by atoms with E-state index >= 15 is 0 Å². The van der Waals surface area contributed by atoms with Crippen LogP contribution in [0, 0.1) is 5.92 Å². The number of rotatable bonds is 4. The highest BCUT2D eigenvalue weighted by atomic mass is 19.4. The number of piperidine rings is 1. The third-order valence-electron chi connectivity index (χ3n) is 3.73. The van der Waals surface area contributed by atoms with Gasteiger partial charge in [0.1, 0.15) is 0 Å². The number of amides is 2. The molecule has 116 valence electrons. The highest BCUT2D eigenvalue weighted by Crippen LogP contribution is 2.19. The van der Waals surface area contributed by atoms with Gasteiger partial charge in [-0.25, -0.2) is 0 Å². The van der Waals surface area contributed by atoms with Gasteiger partial charge in [0, 0.05) is 25.0 Å². The minimum absolute atomic E-state index is 0.0173. The maximum absolute atomic E-state index is 12.1. The summed E-state index contributed by atoms with van der Waals surface area (Å²) in [6.45, 7) is 4.70. The lowest BCUT2D eigenvalue weighted by molar-refractivity contribution is -0.174. The second kappa shape index (κ2) is 6.95. The third-order valence-corrected chi connectivity index (χ3v) is 3.73. The van der Waals surface area contributed by atoms with E-state index in [1.165, 1.54) is 0 Å². The number of nitrogens with zero attached hydrogens (tertiary/aromatic N) is 1. The van der Waals surface area contributed by atoms with E-state index in [0.717, 1.165) is 12.8 Å². The van der Waals surface area contributed by atoms with Crippen molar-refractivity contribution in [3.63, 3.8) is 0 Å². The van der Waals surface area contributed by atoms with Crippen LogP contribution in [0.5, 0.6) is 0 Å². The molecule has 1 fully saturated rings. The molecule has 1 N–H and O–H groups in total. The quantitative estimate of drug-likeness (QED) is 0.863. The van der Waals surface area contributed by atoms with Crippen molar-refractivity contribution in [3.05, 3.63) is 0 Å². The van der Waals surface area contributed by atoms with Gasteiger partial charge >= 0.3 is 12.1 Å². The van der Waals surface area contributed by atoms with Crippen molar-refractivity contribution in [2.24, 2.45) is 5.92 Å². The fraction of sp³-hybridized carbons (Fsp3) is 0.846. The van der Waals surface area contributed by atoms with Crippen molar-refractivity contribution < 1.29 is 22.8 Å². The zero-order valence-corrected chi connectivity index (χ0v) is 11.8. The summed E-state index contributed by atoms with van der Waals surface area (Å²) in [5.74, 6) is -1.85. The lowest BCUT2D eigenvalue weighted by atomic mass is 9.98. The summed E-state index contributed by atoms with van der Waals surface area (Å²) in [5.41, 5.74) is 0. The van der Waals surface area contributed by atoms with Crippen LogP contribution in [0.1, 0.15) is 39.5 Å². The number of nitrogens with one attached hydrogen (secondary N) is 1. The van der Waals surface area contributed by atoms with Gasteiger partial charge < -0.3 is 10.2 Å². The third kappa shape index (κ3) is 4.38. The van der Waals surface area contributed by atoms with Crippen LogP contribution in [0.25, 0.3) is 0 Å². The van der Waals surface area contributed by atoms with Crippen LogP contribution >= 0.6 is 0 Å². The van der Waals surface area contributed by atoms with Gasteiger partial charge in [-0.3, -0.25) is 9.59 Å². The Morgan fingerprint density at radius 1 is 1.20 bits per heavy atom. The number of carbonyl (C=O) groups excluding carboxylic acids is 2. The molecule has 1 heterocycles. The predicted octanol–water partition coefficient (Wildman–Crippen LogP) is 2.09. The second-order valence-corrected chi connectivity index (χ2v) is 5.08. The molecule has 20 heavy (non-hydrogen) atoms. The topological polar surface area (TPSA) is 49.4 Å². The molecule has 0 spiro atoms. The Bertz CT molecular complexity index is 346. The largest absolute Gasteiger partial charge is 0.471 e. The first-order valence-corrected chi connectivity index (χ1v) is 6.96. The molecule has 0 aromatic carbocycles. The van der Waals surface area contributed by atoms with E-state index < -0.39 is 18.1 Å². The summed E-state index contributed by atoms with van der Waals surface area (Å²) in [7, 11) is 0. The van der Waals surface area contributed by atoms with E-state index in [0.29, 0.717) is 25.9 Å². The summed E-state index contributed by atoms with van der Waals surface area (Å²) >= 11 is 0. The summed E-state index contributed by atoms with van der Waals surface area (Å²) in [6, 6.07) is -0.505. The van der Waals surface area contributed by atoms with Gasteiger partial charge in [0.2, 0.25) is 5.91 Å². The van der Waals surface area contributed by atoms with Gasteiger partial charge in [-0.2, -0.15) is 13.2 Å². The highest BCUT2D eigenvalue weighted by molar-refractivity contribution is 5.82. The van der Waals surface area contributed by atoms with Crippen molar-refractivity contribution in [2.45, 2.75) is 51.7 Å². The molecule has 4 nitrogen and oxygen atoms in total. The van der Waals surface area contributed by atoms with Crippen molar-refractivity contribution >= 4 is 11.8 Å². The van der Waals surface area contributed by atoms with Crippen molar-refractivity contribution in [2.75, 3.05) is 13.1 Å². The molecule has 2 amide bonds. The van der Waals surface area contributed by atoms with Gasteiger partial charge in [0.15, 0.2) is 0 Å². The summed E-state index contributed by atoms with van der Waals surface area (Å²) in [6.07, 6.45) is -2.58. The van der Waals surface area contributed by atoms with E-state index in [1.54, 1.807) is 4.90 Å². The number of likely N-dealkylation sites (tertiary alicyclic amines) is 1. The Hall–Kier alpha value is -1.27. The van der Waals surface area contributed by atoms with E-state index in [2.05, 4.69) is 0 Å². The molecular weight excluding hydrogens is 273 g/mol. The van der Waals surface area contributed by atoms with Gasteiger partial charge in [-0.05, 0) is 25.7 Å². The normalized spacial score (nSPS) is 17.4. The molecule has 0 unspecified atom stereocenters. The number of alkyl halides is 3. The van der Waals surface area contributed by atoms with E-state index in [-0.39, 0.29) is 11.8 Å². The maximum Gasteiger partial charge on any atom is 0.471 e. The first-order chi connectivity index (χ1) is 9.29. The Labute approximate surface area is 116 Å². The molecule has 0 bridgehead atoms. The maximum atomic E-state index is 12.1. The predicted molar refractivity (Wildman–Crippen MR) is 67.9 cm³/mol. The number of carbonyl (C=O) groups is 2. The molecule has 0 atom stereocenters. The van der Waals surface area contributed by atoms with Crippen molar-refractivity contribution in [1.82, 2.24) is 10.2 Å². The first-order valence-electron chi connectivity index (χ1n) is 6.96. The average molecular weight is 294 g/mol. The molecule has 1 rings (SSSR count). The molecule has 1 saturated heterocycles. The Balaban J connectivity index is 2.44. The minimum atomic E-state index is -4.84. The molecule has 7 heteroatoms. The van der Waals surface area contributed by atoms with Crippen molar-refractivity contribution in [3.8, 4) is 0 Å². The second-order valence-electron chi connectivity index (χ2n) is 5.08. The molecule has 0 aliphatic carbocycles. The molecule has 0 aromatic heterocycles. The fourth-order valence-corrected chi connectivity index (χ4v) is 2.41. The van der Waals surface area contributed by atoms with Crippen LogP contribution in [0.4, 0.5) is 13.2 Å². The van der Waals surface area contributed by atoms with Crippen LogP contribution in [-0.4, -0.2) is 42.0 Å². The molecule has 1 aliphatic heterocycles. The van der Waals surface area contributed by atoms with Crippen LogP contribution in [0.3, 0.4) is 0 Å². The molecule has 0 aromatic rings. The number of hydrogen-bond donors (Lipinski definition) is 1. The lowest BCUT2D eigenvalue weighted by Gasteiger charge is -2.34. The zero-order valence-electron chi connectivity index (χ0n) is 11.8. The van der Waals surface area contributed by atoms with E-state index in [1.807, 2.05) is 19.2 Å². The summed E-state index contributed by atoms with van der Waals surface area (Å²) in [5, 5.41) is 1.97. The number of hydrogen-bond acceptors (Lipinski definition) is 2. The van der Waals surface area contributed by atoms with E-state index in [4.69, 9.17) is 0 Å². The standard InChI is InChI=1S/C13H21F3N2O2/c1-3-9(4-2)11(19)18-7-5-10(6-8-18)17-12(20)13(14,15)16/h9-10H,3-8H2,1-2H3,(H,17,20). The van der Waals surface area contributed by atoms with Gasteiger partial charge in [-0.1, -0.05) is 13.8 Å². The van der Waals surface area contributed by atoms with Gasteiger partial charge in [0.25, 0.3) is 0 Å². The first kappa shape index (κ1) is 16.8. The molecule has 0 saturated carbocycles. The number of halogens is 3. The SMILES string of the molecule is CCC(CC)C(=O)N1CCC(NC(=O)C(F)(F)F)CC1. The van der Waals surface area contributed by atoms with Gasteiger partial charge in [0.05, 0.1) is 0 Å². The summed E-state index contributed by atoms with van der Waals surface area (Å²) in [4.78, 5) is 24.6. The Kier molecular flexibility index (Phi) is 5.83. The van der Waals surface area contributed by atoms with Gasteiger partial charge in [-0.15, -0.1) is 0 Å². The molecule has 0 radical (unpaired) electrons. The average Bonchev–Trinajstić information content (AvgIpc) is 2.39. The monoisotopic (exact) mass is 294 g/mol. The zero-order chi connectivity index (χ0) is 15.3.